The molecule has 5 heteroatoms. The number of hydrogen-bond acceptors (Lipinski definition) is 5. The molecule has 0 spiro atoms. The molecule has 0 aromatic carbocycles. The predicted molar refractivity (Wildman–Crippen MR) is 41.5 cm³/mol. The fourth-order valence-corrected chi connectivity index (χ4v) is 1.92. The second-order valence-corrected chi connectivity index (χ2v) is 3.30. The molecule has 0 bridgehead atoms. The molecule has 0 aromatic rings. The normalized spacial score (nSPS) is 45.4. The monoisotopic (exact) mass is 172 g/mol. The van der Waals surface area contributed by atoms with Gasteiger partial charge in [-0.1, -0.05) is 5.16 Å². The maximum Gasteiger partial charge on any atom is 0.153 e. The van der Waals surface area contributed by atoms with Crippen molar-refractivity contribution in [2.75, 3.05) is 6.61 Å². The summed E-state index contributed by atoms with van der Waals surface area (Å²) in [4.78, 5) is 5.01. The predicted octanol–water partition coefficient (Wildman–Crippen LogP) is -1.56. The van der Waals surface area contributed by atoms with Gasteiger partial charge in [-0.15, -0.1) is 0 Å². The first-order valence-corrected chi connectivity index (χ1v) is 4.01. The largest absolute Gasteiger partial charge is 0.392 e. The van der Waals surface area contributed by atoms with Crippen LogP contribution >= 0.6 is 0 Å². The zero-order chi connectivity index (χ0) is 8.72. The molecule has 0 aromatic heterocycles. The minimum atomic E-state index is -0.515. The molecule has 1 fully saturated rings. The number of aliphatic hydroxyl groups is 2. The van der Waals surface area contributed by atoms with Crippen molar-refractivity contribution in [2.24, 2.45) is 16.8 Å². The molecule has 0 amide bonds. The van der Waals surface area contributed by atoms with Crippen LogP contribution in [0.3, 0.4) is 0 Å². The lowest BCUT2D eigenvalue weighted by molar-refractivity contribution is 0.0507. The van der Waals surface area contributed by atoms with E-state index >= 15 is 0 Å². The Morgan fingerprint density at radius 3 is 3.08 bits per heavy atom. The molecule has 2 aliphatic rings. The van der Waals surface area contributed by atoms with E-state index in [1.165, 1.54) is 0 Å². The van der Waals surface area contributed by atoms with Crippen LogP contribution in [0.1, 0.15) is 6.42 Å². The molecule has 0 radical (unpaired) electrons. The summed E-state index contributed by atoms with van der Waals surface area (Å²) in [5, 5.41) is 22.0. The van der Waals surface area contributed by atoms with Crippen LogP contribution in [0.4, 0.5) is 0 Å². The van der Waals surface area contributed by atoms with Crippen molar-refractivity contribution in [3.8, 4) is 0 Å². The molecule has 0 unspecified atom stereocenters. The second kappa shape index (κ2) is 2.69. The lowest BCUT2D eigenvalue weighted by atomic mass is 9.98. The Kier molecular flexibility index (Phi) is 1.79. The van der Waals surface area contributed by atoms with Crippen molar-refractivity contribution in [2.45, 2.75) is 24.7 Å². The number of aliphatic hydroxyl groups excluding tert-OH is 2. The van der Waals surface area contributed by atoms with E-state index in [9.17, 15) is 5.11 Å². The van der Waals surface area contributed by atoms with E-state index in [2.05, 4.69) is 5.16 Å². The highest BCUT2D eigenvalue weighted by Crippen LogP contribution is 2.33. The Morgan fingerprint density at radius 1 is 1.67 bits per heavy atom. The van der Waals surface area contributed by atoms with Gasteiger partial charge in [0.25, 0.3) is 0 Å². The summed E-state index contributed by atoms with van der Waals surface area (Å²) in [5.41, 5.74) is 6.20. The Bertz CT molecular complexity index is 219. The maximum atomic E-state index is 9.52. The third-order valence-corrected chi connectivity index (χ3v) is 2.54. The lowest BCUT2D eigenvalue weighted by Gasteiger charge is -2.12. The molecule has 1 heterocycles. The van der Waals surface area contributed by atoms with Crippen LogP contribution in [-0.4, -0.2) is 40.8 Å². The number of nitrogens with two attached hydrogens (primary N) is 1. The standard InChI is InChI=1S/C7H12N2O3/c8-3-1-5(11)6-4(2-10)9-12-7(3)6/h3,5-7,10-11H,1-2,8H2/t3-,5+,6-,7+/m1/s1. The number of oxime groups is 1. The van der Waals surface area contributed by atoms with Gasteiger partial charge in [0.15, 0.2) is 6.10 Å². The molecule has 1 aliphatic heterocycles. The highest BCUT2D eigenvalue weighted by Gasteiger charge is 2.48. The molecule has 68 valence electrons. The van der Waals surface area contributed by atoms with Crippen LogP contribution in [-0.2, 0) is 4.84 Å². The number of hydrogen-bond donors (Lipinski definition) is 3. The second-order valence-electron chi connectivity index (χ2n) is 3.30. The van der Waals surface area contributed by atoms with E-state index in [0.29, 0.717) is 12.1 Å². The Hall–Kier alpha value is -0.650. The molecule has 5 nitrogen and oxygen atoms in total. The van der Waals surface area contributed by atoms with Crippen LogP contribution in [0, 0.1) is 5.92 Å². The average molecular weight is 172 g/mol. The van der Waals surface area contributed by atoms with Gasteiger partial charge in [-0.05, 0) is 6.42 Å². The highest BCUT2D eigenvalue weighted by atomic mass is 16.6. The van der Waals surface area contributed by atoms with Gasteiger partial charge in [0, 0.05) is 6.04 Å². The summed E-state index contributed by atoms with van der Waals surface area (Å²) in [6.07, 6.45) is -0.227. The zero-order valence-corrected chi connectivity index (χ0v) is 6.55. The van der Waals surface area contributed by atoms with Crippen LogP contribution < -0.4 is 5.73 Å². The molecule has 1 aliphatic carbocycles. The van der Waals surface area contributed by atoms with Crippen LogP contribution in [0.25, 0.3) is 0 Å². The van der Waals surface area contributed by atoms with Crippen molar-refractivity contribution in [1.29, 1.82) is 0 Å². The summed E-state index contributed by atoms with van der Waals surface area (Å²) in [5.74, 6) is -0.190. The lowest BCUT2D eigenvalue weighted by Crippen LogP contribution is -2.34. The first-order chi connectivity index (χ1) is 5.74. The van der Waals surface area contributed by atoms with Gasteiger partial charge in [-0.3, -0.25) is 0 Å². The third-order valence-electron chi connectivity index (χ3n) is 2.54. The van der Waals surface area contributed by atoms with E-state index in [4.69, 9.17) is 15.7 Å². The summed E-state index contributed by atoms with van der Waals surface area (Å²) >= 11 is 0. The van der Waals surface area contributed by atoms with Crippen molar-refractivity contribution in [1.82, 2.24) is 0 Å². The van der Waals surface area contributed by atoms with Crippen LogP contribution in [0.2, 0.25) is 0 Å². The molecular weight excluding hydrogens is 160 g/mol. The van der Waals surface area contributed by atoms with Gasteiger partial charge in [-0.25, -0.2) is 0 Å². The third kappa shape index (κ3) is 0.939. The van der Waals surface area contributed by atoms with Crippen molar-refractivity contribution < 1.29 is 15.1 Å². The zero-order valence-electron chi connectivity index (χ0n) is 6.55. The summed E-state index contributed by atoms with van der Waals surface area (Å²) in [6, 6.07) is -0.169. The van der Waals surface area contributed by atoms with Crippen LogP contribution in [0.15, 0.2) is 5.16 Å². The first-order valence-electron chi connectivity index (χ1n) is 4.01. The fourth-order valence-electron chi connectivity index (χ4n) is 1.92. The average Bonchev–Trinajstić information content (AvgIpc) is 2.55. The molecule has 1 saturated carbocycles. The summed E-state index contributed by atoms with van der Waals surface area (Å²) in [6.45, 7) is -0.162. The Labute approximate surface area is 69.8 Å². The van der Waals surface area contributed by atoms with E-state index in [-0.39, 0.29) is 24.7 Å². The van der Waals surface area contributed by atoms with Crippen molar-refractivity contribution in [3.05, 3.63) is 0 Å². The number of nitrogens with zero attached hydrogens (tertiary/aromatic N) is 1. The van der Waals surface area contributed by atoms with Crippen LogP contribution in [0.5, 0.6) is 0 Å². The molecular formula is C7H12N2O3. The Balaban J connectivity index is 2.18. The van der Waals surface area contributed by atoms with Crippen molar-refractivity contribution in [3.63, 3.8) is 0 Å². The fraction of sp³-hybridized carbons (Fsp3) is 0.857. The summed E-state index contributed by atoms with van der Waals surface area (Å²) < 4.78 is 0. The van der Waals surface area contributed by atoms with E-state index in [0.717, 1.165) is 0 Å². The molecule has 2 rings (SSSR count). The molecule has 0 saturated heterocycles. The van der Waals surface area contributed by atoms with E-state index < -0.39 is 6.10 Å². The van der Waals surface area contributed by atoms with Gasteiger partial charge >= 0.3 is 0 Å². The van der Waals surface area contributed by atoms with E-state index in [1.54, 1.807) is 0 Å². The SMILES string of the molecule is N[C@@H]1C[C@H](O)[C@H]2C(CO)=NO[C@H]21. The number of fused-ring (bicyclic) bond motifs is 1. The molecule has 4 atom stereocenters. The quantitative estimate of drug-likeness (QED) is 0.446. The van der Waals surface area contributed by atoms with Gasteiger partial charge in [0.05, 0.1) is 24.3 Å². The van der Waals surface area contributed by atoms with Gasteiger partial charge in [0.2, 0.25) is 0 Å². The van der Waals surface area contributed by atoms with Gasteiger partial charge < -0.3 is 20.8 Å². The van der Waals surface area contributed by atoms with Gasteiger partial charge in [0.1, 0.15) is 0 Å². The highest BCUT2D eigenvalue weighted by molar-refractivity contribution is 5.89. The molecule has 4 N–H and O–H groups in total. The van der Waals surface area contributed by atoms with Gasteiger partial charge in [-0.2, -0.15) is 0 Å². The van der Waals surface area contributed by atoms with E-state index in [1.807, 2.05) is 0 Å². The minimum absolute atomic E-state index is 0.162. The topological polar surface area (TPSA) is 88.1 Å². The number of rotatable bonds is 1. The first kappa shape index (κ1) is 7.97. The summed E-state index contributed by atoms with van der Waals surface area (Å²) in [7, 11) is 0. The Morgan fingerprint density at radius 2 is 2.42 bits per heavy atom. The maximum absolute atomic E-state index is 9.52. The van der Waals surface area contributed by atoms with Crippen molar-refractivity contribution >= 4 is 5.71 Å². The minimum Gasteiger partial charge on any atom is -0.392 e. The molecule has 12 heavy (non-hydrogen) atoms. The smallest absolute Gasteiger partial charge is 0.153 e.